The first-order valence-corrected chi connectivity index (χ1v) is 5.95. The van der Waals surface area contributed by atoms with Gasteiger partial charge in [0.05, 0.1) is 5.02 Å². The van der Waals surface area contributed by atoms with Crippen LogP contribution >= 0.6 is 35.0 Å². The first-order chi connectivity index (χ1) is 7.11. The summed E-state index contributed by atoms with van der Waals surface area (Å²) in [6, 6.07) is 1.77. The summed E-state index contributed by atoms with van der Waals surface area (Å²) >= 11 is 12.9. The zero-order valence-corrected chi connectivity index (χ0v) is 10.4. The second-order valence-corrected chi connectivity index (χ2v) is 4.64. The Balaban J connectivity index is 2.64. The van der Waals surface area contributed by atoms with Crippen LogP contribution in [0.1, 0.15) is 12.5 Å². The van der Waals surface area contributed by atoms with Crippen LogP contribution in [0.2, 0.25) is 10.2 Å². The molecular formula is C10H9Cl2NOS. The van der Waals surface area contributed by atoms with Gasteiger partial charge in [-0.25, -0.2) is 4.98 Å². The average molecular weight is 262 g/mol. The summed E-state index contributed by atoms with van der Waals surface area (Å²) in [6.07, 6.45) is 5.28. The van der Waals surface area contributed by atoms with E-state index in [-0.39, 0.29) is 10.3 Å². The number of carbonyl (C=O) groups excluding carboxylic acids is 1. The number of rotatable bonds is 3. The van der Waals surface area contributed by atoms with Gasteiger partial charge in [0.2, 0.25) is 0 Å². The van der Waals surface area contributed by atoms with Crippen molar-refractivity contribution in [2.24, 2.45) is 0 Å². The number of hydrogen-bond donors (Lipinski definition) is 0. The Hall–Kier alpha value is -0.510. The molecule has 0 N–H and O–H groups in total. The van der Waals surface area contributed by atoms with Crippen LogP contribution in [0, 0.1) is 0 Å². The van der Waals surface area contributed by atoms with Gasteiger partial charge in [0.15, 0.2) is 5.12 Å². The molecule has 0 saturated heterocycles. The molecule has 2 nitrogen and oxygen atoms in total. The summed E-state index contributed by atoms with van der Waals surface area (Å²) in [4.78, 5) is 14.5. The first-order valence-electron chi connectivity index (χ1n) is 4.21. The van der Waals surface area contributed by atoms with E-state index in [1.165, 1.54) is 18.7 Å². The van der Waals surface area contributed by atoms with E-state index in [9.17, 15) is 4.79 Å². The molecule has 15 heavy (non-hydrogen) atoms. The van der Waals surface area contributed by atoms with Crippen molar-refractivity contribution < 1.29 is 4.79 Å². The van der Waals surface area contributed by atoms with E-state index in [4.69, 9.17) is 23.2 Å². The second-order valence-electron chi connectivity index (χ2n) is 2.71. The molecule has 1 rings (SSSR count). The lowest BCUT2D eigenvalue weighted by atomic mass is 10.2. The van der Waals surface area contributed by atoms with Gasteiger partial charge in [0.25, 0.3) is 0 Å². The van der Waals surface area contributed by atoms with Gasteiger partial charge in [0.1, 0.15) is 5.15 Å². The van der Waals surface area contributed by atoms with E-state index in [1.807, 2.05) is 12.2 Å². The molecular weight excluding hydrogens is 253 g/mol. The molecule has 1 heterocycles. The normalized spacial score (nSPS) is 10.9. The van der Waals surface area contributed by atoms with Gasteiger partial charge in [-0.1, -0.05) is 47.1 Å². The average Bonchev–Trinajstić information content (AvgIpc) is 2.18. The van der Waals surface area contributed by atoms with Gasteiger partial charge in [-0.2, -0.15) is 0 Å². The lowest BCUT2D eigenvalue weighted by molar-refractivity contribution is -0.109. The third-order valence-corrected chi connectivity index (χ3v) is 3.10. The highest BCUT2D eigenvalue weighted by Gasteiger charge is 2.01. The molecule has 0 amide bonds. The maximum atomic E-state index is 10.6. The minimum Gasteiger partial charge on any atom is -0.288 e. The summed E-state index contributed by atoms with van der Waals surface area (Å²) < 4.78 is 0. The van der Waals surface area contributed by atoms with Crippen LogP contribution < -0.4 is 0 Å². The van der Waals surface area contributed by atoms with Crippen LogP contribution in [0.3, 0.4) is 0 Å². The molecule has 0 aliphatic heterocycles. The molecule has 0 bridgehead atoms. The molecule has 0 unspecified atom stereocenters. The van der Waals surface area contributed by atoms with Gasteiger partial charge in [-0.15, -0.1) is 0 Å². The third kappa shape index (κ3) is 4.24. The summed E-state index contributed by atoms with van der Waals surface area (Å²) in [5, 5.41) is 0.819. The summed E-state index contributed by atoms with van der Waals surface area (Å²) in [6.45, 7) is 1.54. The molecule has 1 aromatic rings. The predicted molar refractivity (Wildman–Crippen MR) is 66.4 cm³/mol. The van der Waals surface area contributed by atoms with E-state index in [0.717, 1.165) is 5.56 Å². The van der Waals surface area contributed by atoms with Gasteiger partial charge >= 0.3 is 0 Å². The Kier molecular flexibility index (Phi) is 5.15. The number of thioether (sulfide) groups is 1. The van der Waals surface area contributed by atoms with Crippen molar-refractivity contribution in [3.8, 4) is 0 Å². The van der Waals surface area contributed by atoms with Crippen LogP contribution in [0.25, 0.3) is 6.08 Å². The van der Waals surface area contributed by atoms with Crippen molar-refractivity contribution in [1.29, 1.82) is 0 Å². The largest absolute Gasteiger partial charge is 0.288 e. The molecule has 0 aromatic carbocycles. The number of pyridine rings is 1. The molecule has 0 radical (unpaired) electrons. The SMILES string of the molecule is CC(=O)SCC=Cc1ccnc(Cl)c1Cl. The topological polar surface area (TPSA) is 30.0 Å². The van der Waals surface area contributed by atoms with Gasteiger partial charge in [-0.3, -0.25) is 4.79 Å². The van der Waals surface area contributed by atoms with Crippen molar-refractivity contribution in [2.75, 3.05) is 5.75 Å². The maximum absolute atomic E-state index is 10.6. The molecule has 0 aliphatic rings. The number of carbonyl (C=O) groups is 1. The van der Waals surface area contributed by atoms with Crippen molar-refractivity contribution >= 4 is 46.2 Å². The molecule has 0 aliphatic carbocycles. The number of halogens is 2. The Bertz CT molecular complexity index is 393. The third-order valence-electron chi connectivity index (χ3n) is 1.56. The zero-order chi connectivity index (χ0) is 11.3. The summed E-state index contributed by atoms with van der Waals surface area (Å²) in [5.74, 6) is 0.631. The highest BCUT2D eigenvalue weighted by Crippen LogP contribution is 2.24. The molecule has 0 atom stereocenters. The molecule has 80 valence electrons. The fraction of sp³-hybridized carbons (Fsp3) is 0.200. The number of hydrogen-bond acceptors (Lipinski definition) is 3. The van der Waals surface area contributed by atoms with Crippen molar-refractivity contribution in [3.05, 3.63) is 34.1 Å². The molecule has 0 fully saturated rings. The monoisotopic (exact) mass is 261 g/mol. The Morgan fingerprint density at radius 3 is 3.00 bits per heavy atom. The fourth-order valence-electron chi connectivity index (χ4n) is 0.901. The van der Waals surface area contributed by atoms with Crippen LogP contribution in [-0.4, -0.2) is 15.9 Å². The van der Waals surface area contributed by atoms with Crippen LogP contribution in [-0.2, 0) is 4.79 Å². The number of aromatic nitrogens is 1. The van der Waals surface area contributed by atoms with Gasteiger partial charge < -0.3 is 0 Å². The Labute approximate surface area is 103 Å². The Morgan fingerprint density at radius 1 is 1.60 bits per heavy atom. The molecule has 0 spiro atoms. The smallest absolute Gasteiger partial charge is 0.186 e. The Morgan fingerprint density at radius 2 is 2.33 bits per heavy atom. The zero-order valence-electron chi connectivity index (χ0n) is 8.04. The minimum absolute atomic E-state index is 0.0958. The maximum Gasteiger partial charge on any atom is 0.186 e. The van der Waals surface area contributed by atoms with Crippen LogP contribution in [0.5, 0.6) is 0 Å². The van der Waals surface area contributed by atoms with E-state index in [0.29, 0.717) is 10.8 Å². The van der Waals surface area contributed by atoms with Gasteiger partial charge in [0, 0.05) is 18.9 Å². The predicted octanol–water partition coefficient (Wildman–Crippen LogP) is 3.68. The summed E-state index contributed by atoms with van der Waals surface area (Å²) in [7, 11) is 0. The first kappa shape index (κ1) is 12.6. The van der Waals surface area contributed by atoms with Crippen molar-refractivity contribution in [3.63, 3.8) is 0 Å². The lowest BCUT2D eigenvalue weighted by Gasteiger charge is -1.98. The summed E-state index contributed by atoms with van der Waals surface area (Å²) in [5.41, 5.74) is 0.806. The van der Waals surface area contributed by atoms with E-state index in [2.05, 4.69) is 4.98 Å². The molecule has 1 aromatic heterocycles. The second kappa shape index (κ2) is 6.16. The van der Waals surface area contributed by atoms with Crippen LogP contribution in [0.15, 0.2) is 18.3 Å². The minimum atomic E-state index is 0.0958. The van der Waals surface area contributed by atoms with Crippen molar-refractivity contribution in [1.82, 2.24) is 4.98 Å². The molecule has 5 heteroatoms. The fourth-order valence-corrected chi connectivity index (χ4v) is 1.67. The highest BCUT2D eigenvalue weighted by molar-refractivity contribution is 8.13. The van der Waals surface area contributed by atoms with Gasteiger partial charge in [-0.05, 0) is 11.6 Å². The molecule has 0 saturated carbocycles. The number of nitrogens with zero attached hydrogens (tertiary/aromatic N) is 1. The highest BCUT2D eigenvalue weighted by atomic mass is 35.5. The van der Waals surface area contributed by atoms with E-state index in [1.54, 1.807) is 12.3 Å². The van der Waals surface area contributed by atoms with E-state index < -0.39 is 0 Å². The van der Waals surface area contributed by atoms with E-state index >= 15 is 0 Å². The van der Waals surface area contributed by atoms with Crippen molar-refractivity contribution in [2.45, 2.75) is 6.92 Å². The lowest BCUT2D eigenvalue weighted by Crippen LogP contribution is -1.83. The standard InChI is InChI=1S/C10H9Cl2NOS/c1-7(14)15-6-2-3-8-4-5-13-10(12)9(8)11/h2-5H,6H2,1H3. The quantitative estimate of drug-likeness (QED) is 0.778. The van der Waals surface area contributed by atoms with Crippen LogP contribution in [0.4, 0.5) is 0 Å².